The molecule has 1 aromatic rings. The third-order valence-electron chi connectivity index (χ3n) is 4.23. The van der Waals surface area contributed by atoms with Crippen molar-refractivity contribution in [2.24, 2.45) is 0 Å². The van der Waals surface area contributed by atoms with Gasteiger partial charge in [-0.1, -0.05) is 37.3 Å². The van der Waals surface area contributed by atoms with Gasteiger partial charge >= 0.3 is 6.09 Å². The van der Waals surface area contributed by atoms with Gasteiger partial charge < -0.3 is 9.64 Å². The lowest BCUT2D eigenvalue weighted by Gasteiger charge is -2.43. The third kappa shape index (κ3) is 2.45. The Hall–Kier alpha value is -2.37. The van der Waals surface area contributed by atoms with Gasteiger partial charge in [0.1, 0.15) is 0 Å². The Balaban J connectivity index is 1.63. The normalized spacial score (nSPS) is 19.9. The number of nitrogens with zero attached hydrogens (tertiary/aromatic N) is 2. The Morgan fingerprint density at radius 3 is 2.50 bits per heavy atom. The molecule has 2 heterocycles. The maximum absolute atomic E-state index is 12.6. The standard InChI is InChI=1S/C16H18N2O4/c1-2-13(11-6-4-3-5-7-11)15(20)17-8-12(9-17)18-14(19)10-22-16(18)21/h3-7,12-13H,2,8-10H2,1H3. The molecule has 2 aliphatic heterocycles. The second-order valence-electron chi connectivity index (χ2n) is 5.59. The summed E-state index contributed by atoms with van der Waals surface area (Å²) < 4.78 is 4.70. The van der Waals surface area contributed by atoms with Gasteiger partial charge in [0.15, 0.2) is 6.61 Å². The molecule has 1 atom stereocenters. The second kappa shape index (κ2) is 5.79. The first-order chi connectivity index (χ1) is 10.6. The molecule has 0 bridgehead atoms. The van der Waals surface area contributed by atoms with Crippen LogP contribution in [0.25, 0.3) is 0 Å². The molecule has 22 heavy (non-hydrogen) atoms. The average Bonchev–Trinajstić information content (AvgIpc) is 2.80. The SMILES string of the molecule is CCC(C(=O)N1CC(N2C(=O)COC2=O)C1)c1ccccc1. The van der Waals surface area contributed by atoms with E-state index >= 15 is 0 Å². The van der Waals surface area contributed by atoms with Crippen molar-refractivity contribution in [1.82, 2.24) is 9.80 Å². The molecule has 0 aliphatic carbocycles. The molecule has 2 aliphatic rings. The summed E-state index contributed by atoms with van der Waals surface area (Å²) >= 11 is 0. The number of carbonyl (C=O) groups excluding carboxylic acids is 3. The van der Waals surface area contributed by atoms with E-state index < -0.39 is 6.09 Å². The molecule has 0 spiro atoms. The largest absolute Gasteiger partial charge is 0.439 e. The molecule has 116 valence electrons. The maximum atomic E-state index is 12.6. The quantitative estimate of drug-likeness (QED) is 0.842. The van der Waals surface area contributed by atoms with Crippen LogP contribution in [0.1, 0.15) is 24.8 Å². The Morgan fingerprint density at radius 2 is 1.95 bits per heavy atom. The molecule has 0 aromatic heterocycles. The summed E-state index contributed by atoms with van der Waals surface area (Å²) in [6.07, 6.45) is 0.117. The van der Waals surface area contributed by atoms with Crippen LogP contribution in [-0.2, 0) is 14.3 Å². The van der Waals surface area contributed by atoms with E-state index in [1.807, 2.05) is 37.3 Å². The summed E-state index contributed by atoms with van der Waals surface area (Å²) in [5.41, 5.74) is 0.995. The topological polar surface area (TPSA) is 66.9 Å². The number of benzene rings is 1. The van der Waals surface area contributed by atoms with Gasteiger partial charge in [-0.15, -0.1) is 0 Å². The van der Waals surface area contributed by atoms with E-state index in [4.69, 9.17) is 4.74 Å². The maximum Gasteiger partial charge on any atom is 0.417 e. The van der Waals surface area contributed by atoms with Crippen LogP contribution in [0.3, 0.4) is 0 Å². The van der Waals surface area contributed by atoms with E-state index in [1.165, 1.54) is 0 Å². The highest BCUT2D eigenvalue weighted by atomic mass is 16.6. The molecule has 0 N–H and O–H groups in total. The van der Waals surface area contributed by atoms with E-state index in [0.717, 1.165) is 10.5 Å². The van der Waals surface area contributed by atoms with Gasteiger partial charge in [-0.3, -0.25) is 9.59 Å². The van der Waals surface area contributed by atoms with Crippen LogP contribution < -0.4 is 0 Å². The lowest BCUT2D eigenvalue weighted by Crippen LogP contribution is -2.62. The van der Waals surface area contributed by atoms with Crippen molar-refractivity contribution in [1.29, 1.82) is 0 Å². The van der Waals surface area contributed by atoms with Crippen LogP contribution in [0.4, 0.5) is 4.79 Å². The fraction of sp³-hybridized carbons (Fsp3) is 0.438. The summed E-state index contributed by atoms with van der Waals surface area (Å²) in [4.78, 5) is 38.5. The lowest BCUT2D eigenvalue weighted by molar-refractivity contribution is -0.143. The van der Waals surface area contributed by atoms with Crippen LogP contribution in [0.5, 0.6) is 0 Å². The molecule has 6 heteroatoms. The van der Waals surface area contributed by atoms with Crippen molar-refractivity contribution in [3.8, 4) is 0 Å². The van der Waals surface area contributed by atoms with E-state index in [1.54, 1.807) is 4.90 Å². The van der Waals surface area contributed by atoms with Gasteiger partial charge in [0, 0.05) is 13.1 Å². The fourth-order valence-electron chi connectivity index (χ4n) is 2.97. The molecule has 1 unspecified atom stereocenters. The first kappa shape index (κ1) is 14.6. The minimum Gasteiger partial charge on any atom is -0.439 e. The predicted molar refractivity (Wildman–Crippen MR) is 78.0 cm³/mol. The summed E-state index contributed by atoms with van der Waals surface area (Å²) in [6.45, 7) is 2.57. The molecule has 3 rings (SSSR count). The molecule has 3 amide bonds. The smallest absolute Gasteiger partial charge is 0.417 e. The Labute approximate surface area is 128 Å². The zero-order valence-electron chi connectivity index (χ0n) is 12.4. The van der Waals surface area contributed by atoms with Gasteiger partial charge in [-0.25, -0.2) is 9.69 Å². The van der Waals surface area contributed by atoms with Crippen LogP contribution >= 0.6 is 0 Å². The molecule has 2 fully saturated rings. The van der Waals surface area contributed by atoms with Gasteiger partial charge in [0.05, 0.1) is 12.0 Å². The average molecular weight is 302 g/mol. The van der Waals surface area contributed by atoms with Crippen molar-refractivity contribution < 1.29 is 19.1 Å². The van der Waals surface area contributed by atoms with Crippen LogP contribution in [0, 0.1) is 0 Å². The summed E-state index contributed by atoms with van der Waals surface area (Å²) in [5, 5.41) is 0. The zero-order valence-corrected chi connectivity index (χ0v) is 12.4. The molecular formula is C16H18N2O4. The summed E-state index contributed by atoms with van der Waals surface area (Å²) in [5.74, 6) is -0.453. The van der Waals surface area contributed by atoms with Gasteiger partial charge in [-0.05, 0) is 12.0 Å². The van der Waals surface area contributed by atoms with E-state index in [-0.39, 0.29) is 30.4 Å². The molecule has 6 nitrogen and oxygen atoms in total. The first-order valence-corrected chi connectivity index (χ1v) is 7.44. The number of ether oxygens (including phenoxy) is 1. The number of likely N-dealkylation sites (tertiary alicyclic amines) is 1. The Morgan fingerprint density at radius 1 is 1.27 bits per heavy atom. The van der Waals surface area contributed by atoms with Crippen molar-refractivity contribution in [3.05, 3.63) is 35.9 Å². The van der Waals surface area contributed by atoms with Crippen molar-refractivity contribution in [3.63, 3.8) is 0 Å². The van der Waals surface area contributed by atoms with Crippen molar-refractivity contribution >= 4 is 17.9 Å². The van der Waals surface area contributed by atoms with Crippen molar-refractivity contribution in [2.75, 3.05) is 19.7 Å². The van der Waals surface area contributed by atoms with Crippen LogP contribution in [-0.4, -0.2) is 53.4 Å². The second-order valence-corrected chi connectivity index (χ2v) is 5.59. The Bertz CT molecular complexity index is 579. The molecular weight excluding hydrogens is 284 g/mol. The van der Waals surface area contributed by atoms with E-state index in [9.17, 15) is 14.4 Å². The minimum atomic E-state index is -0.600. The lowest BCUT2D eigenvalue weighted by atomic mass is 9.93. The highest BCUT2D eigenvalue weighted by molar-refractivity contribution is 5.98. The summed E-state index contributed by atoms with van der Waals surface area (Å²) in [6, 6.07) is 9.41. The summed E-state index contributed by atoms with van der Waals surface area (Å²) in [7, 11) is 0. The number of carbonyl (C=O) groups is 3. The molecule has 2 saturated heterocycles. The number of cyclic esters (lactones) is 1. The van der Waals surface area contributed by atoms with Gasteiger partial charge in [0.2, 0.25) is 5.91 Å². The van der Waals surface area contributed by atoms with E-state index in [0.29, 0.717) is 19.5 Å². The number of imide groups is 1. The van der Waals surface area contributed by atoms with E-state index in [2.05, 4.69) is 0 Å². The number of hydrogen-bond donors (Lipinski definition) is 0. The minimum absolute atomic E-state index is 0.0463. The number of rotatable bonds is 4. The number of amides is 3. The number of hydrogen-bond acceptors (Lipinski definition) is 4. The highest BCUT2D eigenvalue weighted by Gasteiger charge is 2.45. The highest BCUT2D eigenvalue weighted by Crippen LogP contribution is 2.27. The monoisotopic (exact) mass is 302 g/mol. The van der Waals surface area contributed by atoms with Crippen LogP contribution in [0.2, 0.25) is 0 Å². The van der Waals surface area contributed by atoms with Gasteiger partial charge in [-0.2, -0.15) is 0 Å². The fourth-order valence-corrected chi connectivity index (χ4v) is 2.97. The first-order valence-electron chi connectivity index (χ1n) is 7.44. The van der Waals surface area contributed by atoms with Gasteiger partial charge in [0.25, 0.3) is 5.91 Å². The molecule has 0 saturated carbocycles. The Kier molecular flexibility index (Phi) is 3.83. The van der Waals surface area contributed by atoms with Crippen molar-refractivity contribution in [2.45, 2.75) is 25.3 Å². The van der Waals surface area contributed by atoms with Crippen LogP contribution in [0.15, 0.2) is 30.3 Å². The zero-order chi connectivity index (χ0) is 15.7. The molecule has 1 aromatic carbocycles. The molecule has 0 radical (unpaired) electrons. The third-order valence-corrected chi connectivity index (χ3v) is 4.23. The predicted octanol–water partition coefficient (Wildman–Crippen LogP) is 1.37.